The molecule has 0 saturated carbocycles. The van der Waals surface area contributed by atoms with Crippen molar-refractivity contribution in [2.24, 2.45) is 5.73 Å². The van der Waals surface area contributed by atoms with Crippen LogP contribution in [0.25, 0.3) is 0 Å². The number of aromatic nitrogens is 2. The minimum atomic E-state index is -1.82. The second-order valence-electron chi connectivity index (χ2n) is 4.71. The lowest BCUT2D eigenvalue weighted by molar-refractivity contribution is -0.159. The molecule has 9 heteroatoms. The van der Waals surface area contributed by atoms with Crippen molar-refractivity contribution in [1.29, 1.82) is 0 Å². The number of nitrogens with two attached hydrogens (primary N) is 1. The zero-order chi connectivity index (χ0) is 17.9. The molecule has 1 heterocycles. The van der Waals surface area contributed by atoms with Gasteiger partial charge in [0.15, 0.2) is 5.82 Å². The fraction of sp³-hybridized carbons (Fsp3) is 0.333. The van der Waals surface area contributed by atoms with Crippen LogP contribution in [-0.4, -0.2) is 44.3 Å². The average Bonchev–Trinajstić information content (AvgIpc) is 3.02. The first-order valence-corrected chi connectivity index (χ1v) is 8.40. The first-order valence-electron chi connectivity index (χ1n) is 7.01. The van der Waals surface area contributed by atoms with Gasteiger partial charge in [-0.15, -0.1) is 0 Å². The summed E-state index contributed by atoms with van der Waals surface area (Å²) in [6.45, 7) is 0. The number of hydrogen-bond donors (Lipinski definition) is 3. The number of rotatable bonds is 6. The van der Waals surface area contributed by atoms with Crippen molar-refractivity contribution in [3.63, 3.8) is 0 Å². The molecule has 0 spiro atoms. The number of nitrogens with zero attached hydrogens (tertiary/aromatic N) is 2. The Labute approximate surface area is 143 Å². The van der Waals surface area contributed by atoms with Crippen LogP contribution in [0, 0.1) is 0 Å². The Hall–Kier alpha value is -2.39. The van der Waals surface area contributed by atoms with Crippen molar-refractivity contribution in [1.82, 2.24) is 10.1 Å². The summed E-state index contributed by atoms with van der Waals surface area (Å²) >= 11 is 1.76. The largest absolute Gasteiger partial charge is 0.473 e. The third-order valence-electron chi connectivity index (χ3n) is 2.82. The molecule has 4 N–H and O–H groups in total. The van der Waals surface area contributed by atoms with Crippen LogP contribution in [0.3, 0.4) is 0 Å². The number of carboxylic acids is 2. The summed E-state index contributed by atoms with van der Waals surface area (Å²) in [5, 5.41) is 18.8. The van der Waals surface area contributed by atoms with E-state index in [2.05, 4.69) is 16.4 Å². The van der Waals surface area contributed by atoms with Crippen LogP contribution >= 0.6 is 11.8 Å². The van der Waals surface area contributed by atoms with Gasteiger partial charge in [0.2, 0.25) is 5.89 Å². The Kier molecular flexibility index (Phi) is 8.52. The maximum Gasteiger partial charge on any atom is 0.414 e. The van der Waals surface area contributed by atoms with E-state index in [9.17, 15) is 0 Å². The van der Waals surface area contributed by atoms with E-state index in [-0.39, 0.29) is 6.04 Å². The second-order valence-corrected chi connectivity index (χ2v) is 5.70. The molecule has 1 unspecified atom stereocenters. The summed E-state index contributed by atoms with van der Waals surface area (Å²) in [5.74, 6) is -1.42. The minimum absolute atomic E-state index is 0.158. The van der Waals surface area contributed by atoms with Crippen molar-refractivity contribution < 1.29 is 24.3 Å². The van der Waals surface area contributed by atoms with Crippen LogP contribution in [-0.2, 0) is 16.0 Å². The number of hydrogen-bond acceptors (Lipinski definition) is 7. The van der Waals surface area contributed by atoms with Gasteiger partial charge in [-0.05, 0) is 24.0 Å². The van der Waals surface area contributed by atoms with Gasteiger partial charge in [0.05, 0.1) is 6.04 Å². The maximum atomic E-state index is 9.10. The lowest BCUT2D eigenvalue weighted by Crippen LogP contribution is -2.11. The van der Waals surface area contributed by atoms with Gasteiger partial charge in [0.1, 0.15) is 0 Å². The Morgan fingerprint density at radius 1 is 1.25 bits per heavy atom. The molecule has 0 aliphatic rings. The zero-order valence-electron chi connectivity index (χ0n) is 13.1. The lowest BCUT2D eigenvalue weighted by Gasteiger charge is -2.03. The average molecular weight is 353 g/mol. The van der Waals surface area contributed by atoms with E-state index in [4.69, 9.17) is 30.1 Å². The predicted octanol–water partition coefficient (Wildman–Crippen LogP) is 1.57. The zero-order valence-corrected chi connectivity index (χ0v) is 13.9. The van der Waals surface area contributed by atoms with Gasteiger partial charge in [-0.2, -0.15) is 16.7 Å². The number of thioether (sulfide) groups is 1. The highest BCUT2D eigenvalue weighted by Gasteiger charge is 2.14. The lowest BCUT2D eigenvalue weighted by atomic mass is 10.1. The summed E-state index contributed by atoms with van der Waals surface area (Å²) in [5.41, 5.74) is 7.15. The summed E-state index contributed by atoms with van der Waals surface area (Å²) < 4.78 is 5.20. The van der Waals surface area contributed by atoms with E-state index >= 15 is 0 Å². The molecule has 24 heavy (non-hydrogen) atoms. The number of aliphatic carboxylic acids is 2. The van der Waals surface area contributed by atoms with Gasteiger partial charge < -0.3 is 20.5 Å². The molecule has 1 aromatic heterocycles. The summed E-state index contributed by atoms with van der Waals surface area (Å²) in [7, 11) is 0. The van der Waals surface area contributed by atoms with Crippen molar-refractivity contribution in [2.45, 2.75) is 18.9 Å². The molecule has 2 rings (SSSR count). The van der Waals surface area contributed by atoms with E-state index in [0.717, 1.165) is 12.2 Å². The molecular weight excluding hydrogens is 334 g/mol. The minimum Gasteiger partial charge on any atom is -0.473 e. The van der Waals surface area contributed by atoms with Crippen LogP contribution in [0.2, 0.25) is 0 Å². The molecule has 2 aromatic rings. The molecule has 130 valence electrons. The summed E-state index contributed by atoms with van der Waals surface area (Å²) in [4.78, 5) is 22.5. The Morgan fingerprint density at radius 3 is 2.42 bits per heavy atom. The standard InChI is InChI=1S/C13H17N3OS.C2H2O4/c1-18-8-7-11(14)13-15-12(16-17-13)9-10-5-3-2-4-6-10;3-1(4)2(5)6/h2-6,11H,7-9,14H2,1H3;(H,3,4)(H,5,6). The van der Waals surface area contributed by atoms with E-state index in [1.807, 2.05) is 30.3 Å². The highest BCUT2D eigenvalue weighted by molar-refractivity contribution is 7.98. The molecule has 1 atom stereocenters. The van der Waals surface area contributed by atoms with Gasteiger partial charge in [-0.3, -0.25) is 0 Å². The van der Waals surface area contributed by atoms with Gasteiger partial charge >= 0.3 is 11.9 Å². The number of carbonyl (C=O) groups is 2. The van der Waals surface area contributed by atoms with Crippen molar-refractivity contribution in [3.8, 4) is 0 Å². The van der Waals surface area contributed by atoms with E-state index in [1.54, 1.807) is 11.8 Å². The highest BCUT2D eigenvalue weighted by Crippen LogP contribution is 2.15. The van der Waals surface area contributed by atoms with Crippen LogP contribution in [0.1, 0.15) is 29.7 Å². The van der Waals surface area contributed by atoms with Crippen molar-refractivity contribution in [2.75, 3.05) is 12.0 Å². The summed E-state index contributed by atoms with van der Waals surface area (Å²) in [6, 6.07) is 9.92. The van der Waals surface area contributed by atoms with E-state index in [0.29, 0.717) is 18.1 Å². The monoisotopic (exact) mass is 353 g/mol. The van der Waals surface area contributed by atoms with Crippen molar-refractivity contribution >= 4 is 23.7 Å². The highest BCUT2D eigenvalue weighted by atomic mass is 32.2. The fourth-order valence-electron chi connectivity index (χ4n) is 1.64. The number of carboxylic acid groups (broad SMARTS) is 2. The quantitative estimate of drug-likeness (QED) is 0.660. The first kappa shape index (κ1) is 19.7. The third kappa shape index (κ3) is 7.25. The third-order valence-corrected chi connectivity index (χ3v) is 3.47. The maximum absolute atomic E-state index is 9.10. The van der Waals surface area contributed by atoms with Gasteiger partial charge in [0, 0.05) is 6.42 Å². The van der Waals surface area contributed by atoms with Gasteiger partial charge in [0.25, 0.3) is 0 Å². The van der Waals surface area contributed by atoms with Crippen LogP contribution in [0.4, 0.5) is 0 Å². The topological polar surface area (TPSA) is 140 Å². The van der Waals surface area contributed by atoms with Crippen molar-refractivity contribution in [3.05, 3.63) is 47.6 Å². The van der Waals surface area contributed by atoms with E-state index < -0.39 is 11.9 Å². The Balaban J connectivity index is 0.000000413. The molecule has 0 fully saturated rings. The normalized spacial score (nSPS) is 11.2. The Morgan fingerprint density at radius 2 is 1.88 bits per heavy atom. The smallest absolute Gasteiger partial charge is 0.414 e. The van der Waals surface area contributed by atoms with Crippen LogP contribution in [0.5, 0.6) is 0 Å². The first-order chi connectivity index (χ1) is 11.4. The molecule has 0 aliphatic heterocycles. The van der Waals surface area contributed by atoms with Gasteiger partial charge in [-0.1, -0.05) is 35.5 Å². The second kappa shape index (κ2) is 10.4. The summed E-state index contributed by atoms with van der Waals surface area (Å²) in [6.07, 6.45) is 3.59. The fourth-order valence-corrected chi connectivity index (χ4v) is 2.13. The molecule has 0 radical (unpaired) electrons. The number of benzene rings is 1. The molecule has 1 aromatic carbocycles. The molecular formula is C15H19N3O5S. The molecule has 0 amide bonds. The molecule has 0 saturated heterocycles. The molecule has 8 nitrogen and oxygen atoms in total. The Bertz CT molecular complexity index is 636. The van der Waals surface area contributed by atoms with Crippen LogP contribution in [0.15, 0.2) is 34.9 Å². The predicted molar refractivity (Wildman–Crippen MR) is 88.7 cm³/mol. The molecule has 0 aliphatic carbocycles. The molecule has 0 bridgehead atoms. The van der Waals surface area contributed by atoms with Crippen LogP contribution < -0.4 is 5.73 Å². The van der Waals surface area contributed by atoms with Gasteiger partial charge in [-0.25, -0.2) is 9.59 Å². The SMILES string of the molecule is CSCCC(N)c1nc(Cc2ccccc2)no1.O=C(O)C(=O)O. The van der Waals surface area contributed by atoms with E-state index in [1.165, 1.54) is 5.56 Å².